The van der Waals surface area contributed by atoms with Gasteiger partial charge in [0.25, 0.3) is 0 Å². The molecule has 0 aromatic heterocycles. The minimum absolute atomic E-state index is 0.309. The van der Waals surface area contributed by atoms with Crippen molar-refractivity contribution in [2.45, 2.75) is 46.5 Å². The second-order valence-corrected chi connectivity index (χ2v) is 10.4. The van der Waals surface area contributed by atoms with Crippen LogP contribution in [-0.2, 0) is 5.41 Å². The highest BCUT2D eigenvalue weighted by Gasteiger charge is 2.52. The number of hydrogen-bond donors (Lipinski definition) is 0. The van der Waals surface area contributed by atoms with Crippen LogP contribution in [0.2, 0.25) is 0 Å². The normalized spacial score (nSPS) is 17.8. The molecule has 6 rings (SSSR count). The summed E-state index contributed by atoms with van der Waals surface area (Å²) in [6.07, 6.45) is 1.12. The number of aryl methyl sites for hydroxylation is 3. The van der Waals surface area contributed by atoms with E-state index in [9.17, 15) is 0 Å². The third-order valence-electron chi connectivity index (χ3n) is 8.01. The molecule has 170 valence electrons. The van der Waals surface area contributed by atoms with Crippen LogP contribution >= 0.6 is 0 Å². The molecule has 4 aromatic carbocycles. The highest BCUT2D eigenvalue weighted by atomic mass is 16.5. The van der Waals surface area contributed by atoms with Crippen molar-refractivity contribution in [3.8, 4) is 28.0 Å². The van der Waals surface area contributed by atoms with Crippen LogP contribution < -0.4 is 4.74 Å². The van der Waals surface area contributed by atoms with Gasteiger partial charge in [0.05, 0.1) is 12.0 Å². The first-order valence-corrected chi connectivity index (χ1v) is 12.6. The summed E-state index contributed by atoms with van der Waals surface area (Å²) in [5, 5.41) is 0. The fourth-order valence-corrected chi connectivity index (χ4v) is 6.05. The first-order chi connectivity index (χ1) is 16.4. The molecule has 1 nitrogen and oxygen atoms in total. The maximum atomic E-state index is 6.44. The molecule has 0 radical (unpaired) electrons. The molecule has 2 atom stereocenters. The molecule has 1 spiro atoms. The summed E-state index contributed by atoms with van der Waals surface area (Å²) in [6.45, 7) is 11.8. The Morgan fingerprint density at radius 3 is 1.94 bits per heavy atom. The minimum Gasteiger partial charge on any atom is -0.493 e. The molecule has 34 heavy (non-hydrogen) atoms. The van der Waals surface area contributed by atoms with Gasteiger partial charge in [-0.25, -0.2) is 0 Å². The van der Waals surface area contributed by atoms with Crippen molar-refractivity contribution in [3.05, 3.63) is 112 Å². The smallest absolute Gasteiger partial charge is 0.122 e. The Hall–Kier alpha value is -3.32. The van der Waals surface area contributed by atoms with E-state index in [1.807, 2.05) is 0 Å². The predicted octanol–water partition coefficient (Wildman–Crippen LogP) is 8.38. The summed E-state index contributed by atoms with van der Waals surface area (Å²) in [5.41, 5.74) is 14.4. The maximum absolute atomic E-state index is 6.44. The standard InChI is InChI=1S/C33H32O/c1-6-20(2)19-34-32-18-31-27(17-23(32)5)26-14-12-22(4)16-30(26)33(31)28-10-8-7-9-24(28)25-13-11-21(3)15-29(25)33/h7-18,20H,6,19H2,1-5H3. The van der Waals surface area contributed by atoms with Crippen LogP contribution in [0.5, 0.6) is 5.75 Å². The fourth-order valence-electron chi connectivity index (χ4n) is 6.05. The van der Waals surface area contributed by atoms with Gasteiger partial charge in [0.15, 0.2) is 0 Å². The highest BCUT2D eigenvalue weighted by molar-refractivity contribution is 5.95. The van der Waals surface area contributed by atoms with Gasteiger partial charge in [-0.05, 0) is 88.9 Å². The van der Waals surface area contributed by atoms with E-state index in [2.05, 4.69) is 107 Å². The van der Waals surface area contributed by atoms with Gasteiger partial charge in [0, 0.05) is 0 Å². The summed E-state index contributed by atoms with van der Waals surface area (Å²) in [6, 6.07) is 27.7. The molecule has 0 amide bonds. The second-order valence-electron chi connectivity index (χ2n) is 10.4. The zero-order chi connectivity index (χ0) is 23.6. The molecule has 2 aliphatic rings. The molecule has 0 N–H and O–H groups in total. The lowest BCUT2D eigenvalue weighted by molar-refractivity contribution is 0.255. The average molecular weight is 445 g/mol. The summed E-state index contributed by atoms with van der Waals surface area (Å²) in [4.78, 5) is 0. The fraction of sp³-hybridized carbons (Fsp3) is 0.273. The van der Waals surface area contributed by atoms with Gasteiger partial charge in [0.2, 0.25) is 0 Å². The number of ether oxygens (including phenoxy) is 1. The first-order valence-electron chi connectivity index (χ1n) is 12.6. The van der Waals surface area contributed by atoms with E-state index >= 15 is 0 Å². The van der Waals surface area contributed by atoms with Gasteiger partial charge >= 0.3 is 0 Å². The lowest BCUT2D eigenvalue weighted by Gasteiger charge is -2.31. The van der Waals surface area contributed by atoms with Crippen LogP contribution in [0, 0.1) is 26.7 Å². The van der Waals surface area contributed by atoms with E-state index in [1.165, 1.54) is 61.2 Å². The minimum atomic E-state index is -0.309. The average Bonchev–Trinajstić information content (AvgIpc) is 3.27. The van der Waals surface area contributed by atoms with E-state index < -0.39 is 0 Å². The Balaban J connectivity index is 1.70. The van der Waals surface area contributed by atoms with Gasteiger partial charge < -0.3 is 4.74 Å². The van der Waals surface area contributed by atoms with Crippen LogP contribution in [-0.4, -0.2) is 6.61 Å². The van der Waals surface area contributed by atoms with Crippen molar-refractivity contribution in [1.29, 1.82) is 0 Å². The summed E-state index contributed by atoms with van der Waals surface area (Å²) >= 11 is 0. The Kier molecular flexibility index (Phi) is 4.74. The first kappa shape index (κ1) is 21.2. The summed E-state index contributed by atoms with van der Waals surface area (Å²) in [5.74, 6) is 1.55. The Morgan fingerprint density at radius 2 is 1.26 bits per heavy atom. The quantitative estimate of drug-likeness (QED) is 0.265. The van der Waals surface area contributed by atoms with E-state index in [1.54, 1.807) is 0 Å². The molecule has 0 bridgehead atoms. The largest absolute Gasteiger partial charge is 0.493 e. The molecule has 0 fully saturated rings. The molecule has 2 unspecified atom stereocenters. The lowest BCUT2D eigenvalue weighted by Crippen LogP contribution is -2.26. The van der Waals surface area contributed by atoms with E-state index in [-0.39, 0.29) is 5.41 Å². The van der Waals surface area contributed by atoms with Crippen molar-refractivity contribution in [2.24, 2.45) is 5.92 Å². The highest BCUT2D eigenvalue weighted by Crippen LogP contribution is 2.63. The van der Waals surface area contributed by atoms with E-state index in [0.29, 0.717) is 5.92 Å². The molecular formula is C33H32O. The van der Waals surface area contributed by atoms with Crippen molar-refractivity contribution in [1.82, 2.24) is 0 Å². The molecular weight excluding hydrogens is 412 g/mol. The zero-order valence-corrected chi connectivity index (χ0v) is 20.8. The van der Waals surface area contributed by atoms with Crippen molar-refractivity contribution in [2.75, 3.05) is 6.61 Å². The Labute approximate surface area is 203 Å². The molecule has 0 saturated carbocycles. The van der Waals surface area contributed by atoms with Crippen molar-refractivity contribution < 1.29 is 4.74 Å². The van der Waals surface area contributed by atoms with Crippen LogP contribution in [0.25, 0.3) is 22.3 Å². The maximum Gasteiger partial charge on any atom is 0.122 e. The third kappa shape index (κ3) is 2.79. The van der Waals surface area contributed by atoms with Gasteiger partial charge in [-0.15, -0.1) is 0 Å². The number of fused-ring (bicyclic) bond motifs is 10. The molecule has 4 aromatic rings. The molecule has 1 heteroatoms. The van der Waals surface area contributed by atoms with Gasteiger partial charge in [-0.1, -0.05) is 92.1 Å². The summed E-state index contributed by atoms with van der Waals surface area (Å²) in [7, 11) is 0. The molecule has 0 aliphatic heterocycles. The second kappa shape index (κ2) is 7.60. The zero-order valence-electron chi connectivity index (χ0n) is 20.8. The Morgan fingerprint density at radius 1 is 0.676 bits per heavy atom. The van der Waals surface area contributed by atoms with Crippen LogP contribution in [0.15, 0.2) is 72.8 Å². The summed E-state index contributed by atoms with van der Waals surface area (Å²) < 4.78 is 6.44. The van der Waals surface area contributed by atoms with E-state index in [4.69, 9.17) is 4.74 Å². The molecule has 0 heterocycles. The number of benzene rings is 4. The predicted molar refractivity (Wildman–Crippen MR) is 142 cm³/mol. The monoisotopic (exact) mass is 444 g/mol. The third-order valence-corrected chi connectivity index (χ3v) is 8.01. The van der Waals surface area contributed by atoms with Gasteiger partial charge in [-0.3, -0.25) is 0 Å². The SMILES string of the molecule is CCC(C)COc1cc2c(cc1C)-c1ccc(C)cc1C21c2ccccc2-c2ccc(C)cc21. The van der Waals surface area contributed by atoms with Crippen molar-refractivity contribution >= 4 is 0 Å². The number of rotatable bonds is 4. The van der Waals surface area contributed by atoms with Gasteiger partial charge in [-0.2, -0.15) is 0 Å². The number of hydrogen-bond acceptors (Lipinski definition) is 1. The van der Waals surface area contributed by atoms with Crippen LogP contribution in [0.1, 0.15) is 59.2 Å². The van der Waals surface area contributed by atoms with Crippen LogP contribution in [0.4, 0.5) is 0 Å². The lowest BCUT2D eigenvalue weighted by atomic mass is 9.70. The van der Waals surface area contributed by atoms with Crippen LogP contribution in [0.3, 0.4) is 0 Å². The van der Waals surface area contributed by atoms with Gasteiger partial charge in [0.1, 0.15) is 5.75 Å². The molecule has 2 aliphatic carbocycles. The Bertz CT molecular complexity index is 1440. The van der Waals surface area contributed by atoms with Crippen molar-refractivity contribution in [3.63, 3.8) is 0 Å². The topological polar surface area (TPSA) is 9.23 Å². The van der Waals surface area contributed by atoms with E-state index in [0.717, 1.165) is 18.8 Å². The molecule has 0 saturated heterocycles.